The van der Waals surface area contributed by atoms with Crippen LogP contribution < -0.4 is 5.32 Å². The van der Waals surface area contributed by atoms with Gasteiger partial charge in [0.05, 0.1) is 6.54 Å². The number of urea groups is 1. The van der Waals surface area contributed by atoms with Gasteiger partial charge in [-0.2, -0.15) is 0 Å². The smallest absolute Gasteiger partial charge is 0.329 e. The lowest BCUT2D eigenvalue weighted by Gasteiger charge is -2.13. The Kier molecular flexibility index (Phi) is 4.15. The molecular formula is C16H13Cl2N3O2. The van der Waals surface area contributed by atoms with Crippen molar-refractivity contribution in [3.63, 3.8) is 0 Å². The van der Waals surface area contributed by atoms with Gasteiger partial charge in [-0.3, -0.25) is 9.69 Å². The van der Waals surface area contributed by atoms with Gasteiger partial charge in [0.1, 0.15) is 5.70 Å². The first-order valence-electron chi connectivity index (χ1n) is 6.84. The molecule has 0 radical (unpaired) electrons. The van der Waals surface area contributed by atoms with Crippen LogP contribution in [-0.2, 0) is 18.4 Å². The van der Waals surface area contributed by atoms with Crippen molar-refractivity contribution in [1.29, 1.82) is 0 Å². The number of rotatable bonds is 3. The Hall–Kier alpha value is -2.24. The quantitative estimate of drug-likeness (QED) is 0.681. The minimum absolute atomic E-state index is 0.0901. The van der Waals surface area contributed by atoms with E-state index in [2.05, 4.69) is 5.32 Å². The molecule has 2 heterocycles. The molecule has 1 aliphatic heterocycles. The summed E-state index contributed by atoms with van der Waals surface area (Å²) in [5.74, 6) is -0.384. The molecule has 0 aliphatic carbocycles. The number of amides is 3. The van der Waals surface area contributed by atoms with E-state index in [9.17, 15) is 9.59 Å². The fourth-order valence-corrected chi connectivity index (χ4v) is 2.78. The van der Waals surface area contributed by atoms with Gasteiger partial charge in [0, 0.05) is 29.5 Å². The summed E-state index contributed by atoms with van der Waals surface area (Å²) in [5.41, 5.74) is 1.73. The third-order valence-corrected chi connectivity index (χ3v) is 4.06. The zero-order valence-electron chi connectivity index (χ0n) is 12.2. The number of imide groups is 1. The van der Waals surface area contributed by atoms with E-state index in [0.717, 1.165) is 10.5 Å². The molecule has 2 aromatic rings. The van der Waals surface area contributed by atoms with E-state index in [-0.39, 0.29) is 18.1 Å². The minimum atomic E-state index is -0.469. The Morgan fingerprint density at radius 1 is 1.22 bits per heavy atom. The first kappa shape index (κ1) is 15.6. The molecule has 0 bridgehead atoms. The molecule has 1 aliphatic rings. The Labute approximate surface area is 143 Å². The van der Waals surface area contributed by atoms with Gasteiger partial charge in [-0.25, -0.2) is 4.79 Å². The molecule has 0 saturated carbocycles. The van der Waals surface area contributed by atoms with Gasteiger partial charge in [-0.1, -0.05) is 29.3 Å². The molecule has 5 nitrogen and oxygen atoms in total. The highest BCUT2D eigenvalue weighted by Gasteiger charge is 2.33. The van der Waals surface area contributed by atoms with Crippen LogP contribution in [0.3, 0.4) is 0 Å². The predicted octanol–water partition coefficient (Wildman–Crippen LogP) is 3.42. The predicted molar refractivity (Wildman–Crippen MR) is 88.9 cm³/mol. The van der Waals surface area contributed by atoms with Crippen LogP contribution in [0.4, 0.5) is 4.79 Å². The molecule has 3 rings (SSSR count). The molecule has 1 N–H and O–H groups in total. The highest BCUT2D eigenvalue weighted by atomic mass is 35.5. The lowest BCUT2D eigenvalue weighted by atomic mass is 10.2. The largest absolute Gasteiger partial charge is 0.357 e. The second kappa shape index (κ2) is 6.10. The SMILES string of the molecule is Cn1ccc(/C=C2/NC(=O)N(Cc3ccc(Cl)cc3Cl)C2=O)c1. The van der Waals surface area contributed by atoms with Crippen LogP contribution in [0.2, 0.25) is 10.0 Å². The number of nitrogens with one attached hydrogen (secondary N) is 1. The summed E-state index contributed by atoms with van der Waals surface area (Å²) in [6.07, 6.45) is 5.35. The lowest BCUT2D eigenvalue weighted by molar-refractivity contribution is -0.123. The van der Waals surface area contributed by atoms with Crippen LogP contribution >= 0.6 is 23.2 Å². The highest BCUT2D eigenvalue weighted by Crippen LogP contribution is 2.24. The number of aromatic nitrogens is 1. The summed E-state index contributed by atoms with van der Waals surface area (Å²) < 4.78 is 1.86. The molecule has 3 amide bonds. The van der Waals surface area contributed by atoms with E-state index in [1.54, 1.807) is 24.3 Å². The van der Waals surface area contributed by atoms with Crippen molar-refractivity contribution >= 4 is 41.2 Å². The average molecular weight is 350 g/mol. The fourth-order valence-electron chi connectivity index (χ4n) is 2.31. The molecule has 0 atom stereocenters. The number of halogens is 2. The van der Waals surface area contributed by atoms with Crippen LogP contribution in [-0.4, -0.2) is 21.4 Å². The topological polar surface area (TPSA) is 54.3 Å². The van der Waals surface area contributed by atoms with Gasteiger partial charge in [0.2, 0.25) is 0 Å². The van der Waals surface area contributed by atoms with Crippen molar-refractivity contribution in [2.75, 3.05) is 0 Å². The number of nitrogens with zero attached hydrogens (tertiary/aromatic N) is 2. The summed E-state index contributed by atoms with van der Waals surface area (Å²) >= 11 is 12.0. The van der Waals surface area contributed by atoms with Gasteiger partial charge in [0.15, 0.2) is 0 Å². The van der Waals surface area contributed by atoms with E-state index in [4.69, 9.17) is 23.2 Å². The van der Waals surface area contributed by atoms with E-state index in [1.165, 1.54) is 0 Å². The fraction of sp³-hybridized carbons (Fsp3) is 0.125. The molecule has 118 valence electrons. The average Bonchev–Trinajstić information content (AvgIpc) is 3.00. The summed E-state index contributed by atoms with van der Waals surface area (Å²) in [5, 5.41) is 3.50. The summed E-state index contributed by atoms with van der Waals surface area (Å²) in [6.45, 7) is 0.0901. The van der Waals surface area contributed by atoms with Crippen molar-refractivity contribution in [1.82, 2.24) is 14.8 Å². The van der Waals surface area contributed by atoms with E-state index >= 15 is 0 Å². The minimum Gasteiger partial charge on any atom is -0.357 e. The van der Waals surface area contributed by atoms with E-state index in [1.807, 2.05) is 30.1 Å². The summed E-state index contributed by atoms with van der Waals surface area (Å²) in [6, 6.07) is 6.33. The van der Waals surface area contributed by atoms with Gasteiger partial charge in [-0.05, 0) is 35.4 Å². The van der Waals surface area contributed by atoms with Gasteiger partial charge < -0.3 is 9.88 Å². The molecule has 0 unspecified atom stereocenters. The van der Waals surface area contributed by atoms with Crippen molar-refractivity contribution in [3.05, 3.63) is 63.5 Å². The van der Waals surface area contributed by atoms with Crippen molar-refractivity contribution in [2.45, 2.75) is 6.54 Å². The molecular weight excluding hydrogens is 337 g/mol. The maximum absolute atomic E-state index is 12.4. The van der Waals surface area contributed by atoms with Crippen LogP contribution in [0.25, 0.3) is 6.08 Å². The van der Waals surface area contributed by atoms with Crippen LogP contribution in [0, 0.1) is 0 Å². The monoisotopic (exact) mass is 349 g/mol. The molecule has 1 aromatic carbocycles. The molecule has 1 aromatic heterocycles. The normalized spacial score (nSPS) is 16.3. The standard InChI is InChI=1S/C16H13Cl2N3O2/c1-20-5-4-10(8-20)6-14-15(22)21(16(23)19-14)9-11-2-3-12(17)7-13(11)18/h2-8H,9H2,1H3,(H,19,23)/b14-6+. The Morgan fingerprint density at radius 2 is 2.00 bits per heavy atom. The van der Waals surface area contributed by atoms with Gasteiger partial charge in [0.25, 0.3) is 5.91 Å². The third-order valence-electron chi connectivity index (χ3n) is 3.47. The number of hydrogen-bond acceptors (Lipinski definition) is 2. The Bertz CT molecular complexity index is 826. The second-order valence-corrected chi connectivity index (χ2v) is 6.07. The van der Waals surface area contributed by atoms with E-state index in [0.29, 0.717) is 15.6 Å². The van der Waals surface area contributed by atoms with Crippen LogP contribution in [0.5, 0.6) is 0 Å². The zero-order chi connectivity index (χ0) is 16.6. The molecule has 1 fully saturated rings. The van der Waals surface area contributed by atoms with Crippen molar-refractivity contribution < 1.29 is 9.59 Å². The van der Waals surface area contributed by atoms with Crippen LogP contribution in [0.1, 0.15) is 11.1 Å². The Morgan fingerprint density at radius 3 is 2.65 bits per heavy atom. The highest BCUT2D eigenvalue weighted by molar-refractivity contribution is 6.35. The number of benzene rings is 1. The van der Waals surface area contributed by atoms with Gasteiger partial charge in [-0.15, -0.1) is 0 Å². The first-order chi connectivity index (χ1) is 10.9. The molecule has 7 heteroatoms. The molecule has 23 heavy (non-hydrogen) atoms. The second-order valence-electron chi connectivity index (χ2n) is 5.23. The maximum Gasteiger partial charge on any atom is 0.329 e. The number of hydrogen-bond donors (Lipinski definition) is 1. The van der Waals surface area contributed by atoms with Crippen molar-refractivity contribution in [3.8, 4) is 0 Å². The number of aryl methyl sites for hydroxylation is 1. The Balaban J connectivity index is 1.82. The summed E-state index contributed by atoms with van der Waals surface area (Å²) in [7, 11) is 1.88. The number of carbonyl (C=O) groups excluding carboxylic acids is 2. The number of carbonyl (C=O) groups is 2. The molecule has 1 saturated heterocycles. The zero-order valence-corrected chi connectivity index (χ0v) is 13.7. The molecule has 0 spiro atoms. The van der Waals surface area contributed by atoms with Crippen molar-refractivity contribution in [2.24, 2.45) is 7.05 Å². The van der Waals surface area contributed by atoms with Gasteiger partial charge >= 0.3 is 6.03 Å². The lowest BCUT2D eigenvalue weighted by Crippen LogP contribution is -2.30. The maximum atomic E-state index is 12.4. The third kappa shape index (κ3) is 3.25. The van der Waals surface area contributed by atoms with E-state index < -0.39 is 6.03 Å². The first-order valence-corrected chi connectivity index (χ1v) is 7.60. The van der Waals surface area contributed by atoms with Crippen LogP contribution in [0.15, 0.2) is 42.4 Å². The summed E-state index contributed by atoms with van der Waals surface area (Å²) in [4.78, 5) is 25.6.